The van der Waals surface area contributed by atoms with E-state index in [-0.39, 0.29) is 17.0 Å². The molecule has 1 atom stereocenters. The number of allylic oxidation sites excluding steroid dienone is 2. The Balaban J connectivity index is 1.97. The lowest BCUT2D eigenvalue weighted by molar-refractivity contribution is -0.116. The summed E-state index contributed by atoms with van der Waals surface area (Å²) < 4.78 is 4.95. The number of nitrogens with zero attached hydrogens (tertiary/aromatic N) is 2. The first-order chi connectivity index (χ1) is 8.67. The molecule has 18 heavy (non-hydrogen) atoms. The molecule has 0 saturated heterocycles. The molecule has 1 N–H and O–H groups in total. The van der Waals surface area contributed by atoms with E-state index in [1.54, 1.807) is 0 Å². The highest BCUT2D eigenvalue weighted by Gasteiger charge is 2.15. The van der Waals surface area contributed by atoms with Crippen molar-refractivity contribution in [3.8, 4) is 5.88 Å². The van der Waals surface area contributed by atoms with Crippen molar-refractivity contribution in [3.63, 3.8) is 0 Å². The van der Waals surface area contributed by atoms with Crippen LogP contribution in [0.4, 0.5) is 5.95 Å². The summed E-state index contributed by atoms with van der Waals surface area (Å²) in [5.41, 5.74) is 0. The molecule has 0 bridgehead atoms. The Labute approximate surface area is 110 Å². The topological polar surface area (TPSA) is 64.1 Å². The lowest BCUT2D eigenvalue weighted by Gasteiger charge is -2.08. The standard InChI is InChI=1S/C12H14ClN3O2/c1-18-11-7-9(13)14-12(16-11)15-10(17)6-8-4-2-3-5-8/h2,4,7-8H,3,5-6H2,1H3,(H,14,15,16,17). The summed E-state index contributed by atoms with van der Waals surface area (Å²) in [6, 6.07) is 1.48. The minimum absolute atomic E-state index is 0.115. The monoisotopic (exact) mass is 267 g/mol. The van der Waals surface area contributed by atoms with Gasteiger partial charge in [0.25, 0.3) is 0 Å². The van der Waals surface area contributed by atoms with Crippen molar-refractivity contribution in [2.45, 2.75) is 19.3 Å². The van der Waals surface area contributed by atoms with Gasteiger partial charge in [0.2, 0.25) is 17.7 Å². The third-order valence-electron chi connectivity index (χ3n) is 2.69. The molecule has 1 aliphatic rings. The fourth-order valence-corrected chi connectivity index (χ4v) is 2.01. The minimum Gasteiger partial charge on any atom is -0.481 e. The van der Waals surface area contributed by atoms with Crippen molar-refractivity contribution >= 4 is 23.5 Å². The van der Waals surface area contributed by atoms with E-state index in [1.807, 2.05) is 0 Å². The average Bonchev–Trinajstić information content (AvgIpc) is 2.80. The number of nitrogens with one attached hydrogen (secondary N) is 1. The second kappa shape index (κ2) is 5.82. The highest BCUT2D eigenvalue weighted by atomic mass is 35.5. The molecule has 0 aliphatic heterocycles. The van der Waals surface area contributed by atoms with Gasteiger partial charge in [-0.1, -0.05) is 23.8 Å². The molecule has 0 saturated carbocycles. The van der Waals surface area contributed by atoms with Gasteiger partial charge in [-0.2, -0.15) is 4.98 Å². The summed E-state index contributed by atoms with van der Waals surface area (Å²) in [6.45, 7) is 0. The first kappa shape index (κ1) is 12.8. The van der Waals surface area contributed by atoms with Crippen LogP contribution in [-0.2, 0) is 4.79 Å². The smallest absolute Gasteiger partial charge is 0.234 e. The van der Waals surface area contributed by atoms with Crippen LogP contribution < -0.4 is 10.1 Å². The number of hydrogen-bond donors (Lipinski definition) is 1. The molecule has 0 aromatic carbocycles. The van der Waals surface area contributed by atoms with Gasteiger partial charge in [0.05, 0.1) is 7.11 Å². The van der Waals surface area contributed by atoms with E-state index in [0.29, 0.717) is 18.2 Å². The van der Waals surface area contributed by atoms with Gasteiger partial charge in [-0.3, -0.25) is 10.1 Å². The van der Waals surface area contributed by atoms with Gasteiger partial charge in [-0.05, 0) is 18.8 Å². The molecule has 1 aromatic heterocycles. The highest BCUT2D eigenvalue weighted by Crippen LogP contribution is 2.21. The molecule has 0 radical (unpaired) electrons. The maximum Gasteiger partial charge on any atom is 0.234 e. The van der Waals surface area contributed by atoms with E-state index in [1.165, 1.54) is 13.2 Å². The van der Waals surface area contributed by atoms with E-state index in [4.69, 9.17) is 16.3 Å². The van der Waals surface area contributed by atoms with Crippen LogP contribution in [0, 0.1) is 5.92 Å². The fraction of sp³-hybridized carbons (Fsp3) is 0.417. The molecule has 2 rings (SSSR count). The Hall–Kier alpha value is -1.62. The Morgan fingerprint density at radius 1 is 1.61 bits per heavy atom. The van der Waals surface area contributed by atoms with Gasteiger partial charge in [0.1, 0.15) is 5.15 Å². The number of hydrogen-bond acceptors (Lipinski definition) is 4. The van der Waals surface area contributed by atoms with Crippen molar-refractivity contribution in [1.82, 2.24) is 9.97 Å². The third kappa shape index (κ3) is 3.43. The van der Waals surface area contributed by atoms with E-state index in [2.05, 4.69) is 27.4 Å². The van der Waals surface area contributed by atoms with E-state index >= 15 is 0 Å². The number of carbonyl (C=O) groups excluding carboxylic acids is 1. The van der Waals surface area contributed by atoms with Crippen molar-refractivity contribution in [2.75, 3.05) is 12.4 Å². The van der Waals surface area contributed by atoms with Crippen LogP contribution in [0.15, 0.2) is 18.2 Å². The lowest BCUT2D eigenvalue weighted by atomic mass is 10.1. The molecule has 0 fully saturated rings. The SMILES string of the molecule is COc1cc(Cl)nc(NC(=O)CC2C=CCC2)n1. The Kier molecular flexibility index (Phi) is 4.15. The number of halogens is 1. The van der Waals surface area contributed by atoms with Crippen molar-refractivity contribution in [1.29, 1.82) is 0 Å². The largest absolute Gasteiger partial charge is 0.481 e. The van der Waals surface area contributed by atoms with Crippen LogP contribution in [0.3, 0.4) is 0 Å². The van der Waals surface area contributed by atoms with Crippen LogP contribution in [0.5, 0.6) is 5.88 Å². The lowest BCUT2D eigenvalue weighted by Crippen LogP contribution is -2.16. The summed E-state index contributed by atoms with van der Waals surface area (Å²) in [7, 11) is 1.48. The quantitative estimate of drug-likeness (QED) is 0.672. The Morgan fingerprint density at radius 3 is 3.11 bits per heavy atom. The zero-order valence-corrected chi connectivity index (χ0v) is 10.8. The number of methoxy groups -OCH3 is 1. The first-order valence-electron chi connectivity index (χ1n) is 5.72. The number of amides is 1. The normalized spacial score (nSPS) is 17.8. The van der Waals surface area contributed by atoms with Crippen molar-refractivity contribution in [2.24, 2.45) is 5.92 Å². The summed E-state index contributed by atoms with van der Waals surface area (Å²) in [4.78, 5) is 19.7. The van der Waals surface area contributed by atoms with Crippen LogP contribution >= 0.6 is 11.6 Å². The first-order valence-corrected chi connectivity index (χ1v) is 6.10. The number of ether oxygens (including phenoxy) is 1. The molecule has 5 nitrogen and oxygen atoms in total. The molecule has 1 heterocycles. The summed E-state index contributed by atoms with van der Waals surface area (Å²) in [5.74, 6) is 0.694. The highest BCUT2D eigenvalue weighted by molar-refractivity contribution is 6.29. The molecule has 1 aliphatic carbocycles. The van der Waals surface area contributed by atoms with Gasteiger partial charge in [0.15, 0.2) is 0 Å². The second-order valence-corrected chi connectivity index (χ2v) is 4.46. The number of anilines is 1. The molecule has 96 valence electrons. The summed E-state index contributed by atoms with van der Waals surface area (Å²) >= 11 is 5.79. The van der Waals surface area contributed by atoms with Crippen molar-refractivity contribution < 1.29 is 9.53 Å². The van der Waals surface area contributed by atoms with E-state index in [0.717, 1.165) is 12.8 Å². The molecule has 6 heteroatoms. The van der Waals surface area contributed by atoms with E-state index < -0.39 is 0 Å². The van der Waals surface area contributed by atoms with Gasteiger partial charge in [-0.15, -0.1) is 0 Å². The molecule has 1 unspecified atom stereocenters. The number of aromatic nitrogens is 2. The third-order valence-corrected chi connectivity index (χ3v) is 2.89. The molecule has 0 spiro atoms. The van der Waals surface area contributed by atoms with Gasteiger partial charge in [0, 0.05) is 12.5 Å². The predicted octanol–water partition coefficient (Wildman–Crippen LogP) is 2.43. The zero-order valence-electron chi connectivity index (χ0n) is 10.0. The molecular formula is C12H14ClN3O2. The predicted molar refractivity (Wildman–Crippen MR) is 68.7 cm³/mol. The number of rotatable bonds is 4. The van der Waals surface area contributed by atoms with E-state index in [9.17, 15) is 4.79 Å². The summed E-state index contributed by atoms with van der Waals surface area (Å²) in [5, 5.41) is 2.86. The Bertz CT molecular complexity index is 476. The second-order valence-electron chi connectivity index (χ2n) is 4.07. The minimum atomic E-state index is -0.115. The maximum absolute atomic E-state index is 11.8. The fourth-order valence-electron chi connectivity index (χ4n) is 1.84. The summed E-state index contributed by atoms with van der Waals surface area (Å²) in [6.07, 6.45) is 6.66. The zero-order chi connectivity index (χ0) is 13.0. The van der Waals surface area contributed by atoms with Gasteiger partial charge < -0.3 is 4.74 Å². The van der Waals surface area contributed by atoms with Crippen LogP contribution in [0.2, 0.25) is 5.15 Å². The Morgan fingerprint density at radius 2 is 2.44 bits per heavy atom. The van der Waals surface area contributed by atoms with Crippen molar-refractivity contribution in [3.05, 3.63) is 23.4 Å². The average molecular weight is 268 g/mol. The van der Waals surface area contributed by atoms with Gasteiger partial charge in [-0.25, -0.2) is 4.98 Å². The van der Waals surface area contributed by atoms with Crippen LogP contribution in [-0.4, -0.2) is 23.0 Å². The van der Waals surface area contributed by atoms with Gasteiger partial charge >= 0.3 is 0 Å². The molecule has 1 aromatic rings. The van der Waals surface area contributed by atoms with Crippen LogP contribution in [0.1, 0.15) is 19.3 Å². The molecule has 1 amide bonds. The van der Waals surface area contributed by atoms with Crippen LogP contribution in [0.25, 0.3) is 0 Å². The maximum atomic E-state index is 11.8. The number of carbonyl (C=O) groups is 1. The molecular weight excluding hydrogens is 254 g/mol.